The van der Waals surface area contributed by atoms with E-state index >= 15 is 0 Å². The molecule has 0 spiro atoms. The summed E-state index contributed by atoms with van der Waals surface area (Å²) >= 11 is 0. The number of hydrogen-bond donors (Lipinski definition) is 1. The first-order chi connectivity index (χ1) is 8.34. The van der Waals surface area contributed by atoms with Crippen molar-refractivity contribution in [3.05, 3.63) is 0 Å². The molecule has 3 fully saturated rings. The summed E-state index contributed by atoms with van der Waals surface area (Å²) in [6, 6.07) is 2.62. The molecule has 2 aliphatic heterocycles. The molecule has 0 aromatic heterocycles. The number of rotatable bonds is 3. The highest BCUT2D eigenvalue weighted by atomic mass is 15.3. The number of nitrogens with zero attached hydrogens (tertiary/aromatic N) is 2. The molecule has 1 saturated carbocycles. The molecule has 2 unspecified atom stereocenters. The third-order valence-electron chi connectivity index (χ3n) is 4.96. The standard InChI is InChI=1S/C14H27N3/c1-16(12-3-2-8-15-9-6-12)14-7-10-17(11-14)13-4-5-13/h12-15H,2-11H2,1H3. The molecular weight excluding hydrogens is 210 g/mol. The summed E-state index contributed by atoms with van der Waals surface area (Å²) in [5, 5.41) is 3.52. The van der Waals surface area contributed by atoms with Crippen LogP contribution >= 0.6 is 0 Å². The van der Waals surface area contributed by atoms with Crippen LogP contribution in [0, 0.1) is 0 Å². The van der Waals surface area contributed by atoms with E-state index < -0.39 is 0 Å². The van der Waals surface area contributed by atoms with Crippen molar-refractivity contribution < 1.29 is 0 Å². The molecule has 2 atom stereocenters. The van der Waals surface area contributed by atoms with Gasteiger partial charge in [0.1, 0.15) is 0 Å². The van der Waals surface area contributed by atoms with E-state index in [1.54, 1.807) is 0 Å². The molecule has 2 saturated heterocycles. The summed E-state index contributed by atoms with van der Waals surface area (Å²) in [7, 11) is 2.37. The molecule has 1 aliphatic carbocycles. The summed E-state index contributed by atoms with van der Waals surface area (Å²) in [4.78, 5) is 5.44. The average Bonchev–Trinajstić information content (AvgIpc) is 3.13. The second kappa shape index (κ2) is 5.25. The smallest absolute Gasteiger partial charge is 0.0235 e. The molecule has 17 heavy (non-hydrogen) atoms. The summed E-state index contributed by atoms with van der Waals surface area (Å²) in [6.45, 7) is 5.13. The molecule has 0 amide bonds. The molecule has 2 heterocycles. The van der Waals surface area contributed by atoms with Gasteiger partial charge in [0, 0.05) is 31.2 Å². The van der Waals surface area contributed by atoms with Crippen molar-refractivity contribution in [3.8, 4) is 0 Å². The first kappa shape index (κ1) is 11.9. The molecular formula is C14H27N3. The fraction of sp³-hybridized carbons (Fsp3) is 1.00. The van der Waals surface area contributed by atoms with Gasteiger partial charge in [0.25, 0.3) is 0 Å². The van der Waals surface area contributed by atoms with Gasteiger partial charge in [-0.15, -0.1) is 0 Å². The van der Waals surface area contributed by atoms with E-state index in [2.05, 4.69) is 22.2 Å². The molecule has 3 rings (SSSR count). The minimum absolute atomic E-state index is 0.828. The van der Waals surface area contributed by atoms with E-state index in [9.17, 15) is 0 Å². The number of hydrogen-bond acceptors (Lipinski definition) is 3. The maximum Gasteiger partial charge on any atom is 0.0235 e. The lowest BCUT2D eigenvalue weighted by Crippen LogP contribution is -2.42. The van der Waals surface area contributed by atoms with E-state index in [1.807, 2.05) is 0 Å². The molecule has 3 aliphatic rings. The fourth-order valence-corrected chi connectivity index (χ4v) is 3.58. The maximum absolute atomic E-state index is 3.52. The van der Waals surface area contributed by atoms with Crippen molar-refractivity contribution >= 4 is 0 Å². The van der Waals surface area contributed by atoms with Crippen LogP contribution in [-0.2, 0) is 0 Å². The lowest BCUT2D eigenvalue weighted by Gasteiger charge is -2.32. The van der Waals surface area contributed by atoms with Gasteiger partial charge in [0.2, 0.25) is 0 Å². The van der Waals surface area contributed by atoms with Crippen LogP contribution in [0.3, 0.4) is 0 Å². The van der Waals surface area contributed by atoms with Crippen LogP contribution in [0.25, 0.3) is 0 Å². The van der Waals surface area contributed by atoms with Crippen molar-refractivity contribution in [3.63, 3.8) is 0 Å². The van der Waals surface area contributed by atoms with Gasteiger partial charge in [-0.25, -0.2) is 0 Å². The summed E-state index contributed by atoms with van der Waals surface area (Å²) in [5.41, 5.74) is 0. The van der Waals surface area contributed by atoms with Gasteiger partial charge in [0.05, 0.1) is 0 Å². The van der Waals surface area contributed by atoms with Crippen LogP contribution in [0.4, 0.5) is 0 Å². The second-order valence-electron chi connectivity index (χ2n) is 6.17. The van der Waals surface area contributed by atoms with E-state index in [-0.39, 0.29) is 0 Å². The van der Waals surface area contributed by atoms with Gasteiger partial charge in [-0.3, -0.25) is 9.80 Å². The van der Waals surface area contributed by atoms with Crippen molar-refractivity contribution in [2.45, 2.75) is 56.7 Å². The largest absolute Gasteiger partial charge is 0.317 e. The van der Waals surface area contributed by atoms with Crippen LogP contribution in [-0.4, -0.2) is 61.2 Å². The molecule has 0 radical (unpaired) electrons. The minimum atomic E-state index is 0.828. The monoisotopic (exact) mass is 237 g/mol. The number of likely N-dealkylation sites (tertiary alicyclic amines) is 1. The van der Waals surface area contributed by atoms with Gasteiger partial charge in [-0.2, -0.15) is 0 Å². The Bertz CT molecular complexity index is 244. The van der Waals surface area contributed by atoms with Crippen molar-refractivity contribution in [2.24, 2.45) is 0 Å². The Hall–Kier alpha value is -0.120. The van der Waals surface area contributed by atoms with E-state index in [0.29, 0.717) is 0 Å². The molecule has 0 bridgehead atoms. The molecule has 3 heteroatoms. The van der Waals surface area contributed by atoms with Crippen LogP contribution in [0.15, 0.2) is 0 Å². The molecule has 0 aromatic rings. The van der Waals surface area contributed by atoms with E-state index in [4.69, 9.17) is 0 Å². The SMILES string of the molecule is CN(C1CCCNCC1)C1CCN(C2CC2)C1. The zero-order chi connectivity index (χ0) is 11.7. The quantitative estimate of drug-likeness (QED) is 0.798. The number of likely N-dealkylation sites (N-methyl/N-ethyl adjacent to an activating group) is 1. The van der Waals surface area contributed by atoms with Crippen LogP contribution in [0.2, 0.25) is 0 Å². The molecule has 98 valence electrons. The Morgan fingerprint density at radius 2 is 1.88 bits per heavy atom. The summed E-state index contributed by atoms with van der Waals surface area (Å²) < 4.78 is 0. The van der Waals surface area contributed by atoms with Crippen molar-refractivity contribution in [2.75, 3.05) is 33.2 Å². The predicted molar refractivity (Wildman–Crippen MR) is 71.3 cm³/mol. The minimum Gasteiger partial charge on any atom is -0.317 e. The van der Waals surface area contributed by atoms with Gasteiger partial charge >= 0.3 is 0 Å². The summed E-state index contributed by atoms with van der Waals surface area (Å²) in [6.07, 6.45) is 8.42. The van der Waals surface area contributed by atoms with E-state index in [0.717, 1.165) is 18.1 Å². The van der Waals surface area contributed by atoms with Gasteiger partial charge < -0.3 is 5.32 Å². The van der Waals surface area contributed by atoms with Crippen LogP contribution in [0.1, 0.15) is 38.5 Å². The Balaban J connectivity index is 1.52. The second-order valence-corrected chi connectivity index (χ2v) is 6.17. The predicted octanol–water partition coefficient (Wildman–Crippen LogP) is 1.30. The fourth-order valence-electron chi connectivity index (χ4n) is 3.58. The highest BCUT2D eigenvalue weighted by molar-refractivity contribution is 4.93. The van der Waals surface area contributed by atoms with E-state index in [1.165, 1.54) is 64.7 Å². The first-order valence-electron chi connectivity index (χ1n) is 7.51. The van der Waals surface area contributed by atoms with Crippen LogP contribution in [0.5, 0.6) is 0 Å². The van der Waals surface area contributed by atoms with Gasteiger partial charge in [-0.1, -0.05) is 0 Å². The summed E-state index contributed by atoms with van der Waals surface area (Å²) in [5.74, 6) is 0. The Morgan fingerprint density at radius 3 is 2.71 bits per heavy atom. The number of nitrogens with one attached hydrogen (secondary N) is 1. The van der Waals surface area contributed by atoms with Crippen LogP contribution < -0.4 is 5.32 Å². The van der Waals surface area contributed by atoms with Crippen molar-refractivity contribution in [1.82, 2.24) is 15.1 Å². The third-order valence-corrected chi connectivity index (χ3v) is 4.96. The highest BCUT2D eigenvalue weighted by Gasteiger charge is 2.36. The highest BCUT2D eigenvalue weighted by Crippen LogP contribution is 2.31. The Kier molecular flexibility index (Phi) is 3.69. The lowest BCUT2D eigenvalue weighted by molar-refractivity contribution is 0.158. The Labute approximate surface area is 106 Å². The molecule has 0 aromatic carbocycles. The molecule has 1 N–H and O–H groups in total. The van der Waals surface area contributed by atoms with Gasteiger partial charge in [0.15, 0.2) is 0 Å². The van der Waals surface area contributed by atoms with Gasteiger partial charge in [-0.05, 0) is 58.7 Å². The Morgan fingerprint density at radius 1 is 1.00 bits per heavy atom. The topological polar surface area (TPSA) is 18.5 Å². The third kappa shape index (κ3) is 2.83. The normalized spacial score (nSPS) is 36.4. The molecule has 3 nitrogen and oxygen atoms in total. The average molecular weight is 237 g/mol. The zero-order valence-corrected chi connectivity index (χ0v) is 11.2. The maximum atomic E-state index is 3.52. The lowest BCUT2D eigenvalue weighted by atomic mass is 10.1. The zero-order valence-electron chi connectivity index (χ0n) is 11.2. The van der Waals surface area contributed by atoms with Crippen molar-refractivity contribution in [1.29, 1.82) is 0 Å². The first-order valence-corrected chi connectivity index (χ1v) is 7.51.